The summed E-state index contributed by atoms with van der Waals surface area (Å²) in [6.45, 7) is 0.349. The van der Waals surface area contributed by atoms with Crippen LogP contribution >= 0.6 is 12.4 Å². The zero-order valence-corrected chi connectivity index (χ0v) is 9.16. The Morgan fingerprint density at radius 2 is 2.12 bits per heavy atom. The van der Waals surface area contributed by atoms with Crippen molar-refractivity contribution in [3.8, 4) is 0 Å². The maximum atomic E-state index is 11.4. The number of nitrogens with one attached hydrogen (secondary N) is 1. The molecule has 0 unspecified atom stereocenters. The lowest BCUT2D eigenvalue weighted by Crippen LogP contribution is -2.49. The van der Waals surface area contributed by atoms with Crippen molar-refractivity contribution in [3.63, 3.8) is 0 Å². The molecule has 7 heteroatoms. The van der Waals surface area contributed by atoms with E-state index in [0.29, 0.717) is 18.1 Å². The number of imide groups is 1. The largest absolute Gasteiger partial charge is 0.397 e. The molecule has 16 heavy (non-hydrogen) atoms. The number of rotatable bonds is 1. The van der Waals surface area contributed by atoms with Crippen LogP contribution in [0.25, 0.3) is 0 Å². The van der Waals surface area contributed by atoms with Crippen LogP contribution in [0.1, 0.15) is 6.42 Å². The van der Waals surface area contributed by atoms with Crippen LogP contribution in [-0.2, 0) is 4.79 Å². The van der Waals surface area contributed by atoms with E-state index in [1.165, 1.54) is 11.1 Å². The highest BCUT2D eigenvalue weighted by molar-refractivity contribution is 6.05. The molecule has 6 nitrogen and oxygen atoms in total. The third-order valence-corrected chi connectivity index (χ3v) is 2.10. The number of hydrogen-bond donors (Lipinski definition) is 2. The monoisotopic (exact) mass is 242 g/mol. The first-order chi connectivity index (χ1) is 7.16. The third kappa shape index (κ3) is 2.40. The number of nitrogen functional groups attached to an aromatic ring is 1. The van der Waals surface area contributed by atoms with Crippen molar-refractivity contribution < 1.29 is 9.59 Å². The van der Waals surface area contributed by atoms with E-state index in [1.54, 1.807) is 12.1 Å². The molecule has 0 atom stereocenters. The summed E-state index contributed by atoms with van der Waals surface area (Å²) in [7, 11) is 0. The number of hydrogen-bond acceptors (Lipinski definition) is 4. The van der Waals surface area contributed by atoms with E-state index in [2.05, 4.69) is 10.3 Å². The molecule has 1 aromatic rings. The van der Waals surface area contributed by atoms with E-state index in [-0.39, 0.29) is 24.7 Å². The molecule has 1 saturated heterocycles. The standard InChI is InChI=1S/C9H10N4O2.ClH/c10-6-1-2-7(11-5-6)13-4-3-8(14)12-9(13)15;/h1-2,5H,3-4,10H2,(H,12,14,15);1H. The fourth-order valence-corrected chi connectivity index (χ4v) is 1.34. The van der Waals surface area contributed by atoms with Gasteiger partial charge in [0.25, 0.3) is 0 Å². The lowest BCUT2D eigenvalue weighted by atomic mass is 10.3. The van der Waals surface area contributed by atoms with Gasteiger partial charge < -0.3 is 5.73 Å². The predicted molar refractivity (Wildman–Crippen MR) is 61.4 cm³/mol. The molecule has 0 radical (unpaired) electrons. The minimum Gasteiger partial charge on any atom is -0.397 e. The average molecular weight is 243 g/mol. The Labute approximate surface area is 98.2 Å². The molecule has 0 aromatic carbocycles. The molecule has 1 aliphatic heterocycles. The molecule has 3 amide bonds. The molecule has 2 rings (SSSR count). The van der Waals surface area contributed by atoms with E-state index in [9.17, 15) is 9.59 Å². The van der Waals surface area contributed by atoms with E-state index in [1.807, 2.05) is 0 Å². The normalized spacial score (nSPS) is 15.4. The van der Waals surface area contributed by atoms with E-state index in [0.717, 1.165) is 0 Å². The second-order valence-electron chi connectivity index (χ2n) is 3.20. The molecule has 0 saturated carbocycles. The zero-order valence-electron chi connectivity index (χ0n) is 8.34. The number of carbonyl (C=O) groups is 2. The van der Waals surface area contributed by atoms with Crippen LogP contribution in [0.15, 0.2) is 18.3 Å². The number of carbonyl (C=O) groups excluding carboxylic acids is 2. The maximum absolute atomic E-state index is 11.4. The highest BCUT2D eigenvalue weighted by Crippen LogP contribution is 2.14. The van der Waals surface area contributed by atoms with Gasteiger partial charge in [-0.25, -0.2) is 9.78 Å². The van der Waals surface area contributed by atoms with Crippen molar-refractivity contribution >= 4 is 35.9 Å². The molecule has 0 aliphatic carbocycles. The van der Waals surface area contributed by atoms with Gasteiger partial charge in [-0.2, -0.15) is 0 Å². The first kappa shape index (κ1) is 12.3. The minimum absolute atomic E-state index is 0. The number of aromatic nitrogens is 1. The molecule has 0 spiro atoms. The van der Waals surface area contributed by atoms with Gasteiger partial charge in [-0.1, -0.05) is 0 Å². The van der Waals surface area contributed by atoms with Crippen LogP contribution in [-0.4, -0.2) is 23.5 Å². The van der Waals surface area contributed by atoms with Gasteiger partial charge in [0, 0.05) is 13.0 Å². The molecule has 2 heterocycles. The Morgan fingerprint density at radius 1 is 1.38 bits per heavy atom. The Kier molecular flexibility index (Phi) is 3.68. The Balaban J connectivity index is 0.00000128. The summed E-state index contributed by atoms with van der Waals surface area (Å²) >= 11 is 0. The molecule has 3 N–H and O–H groups in total. The smallest absolute Gasteiger partial charge is 0.329 e. The van der Waals surface area contributed by atoms with Gasteiger partial charge in [-0.3, -0.25) is 15.0 Å². The van der Waals surface area contributed by atoms with Crippen LogP contribution in [0.3, 0.4) is 0 Å². The maximum Gasteiger partial charge on any atom is 0.329 e. The molecule has 1 aromatic heterocycles. The second kappa shape index (κ2) is 4.80. The Morgan fingerprint density at radius 3 is 2.69 bits per heavy atom. The second-order valence-corrected chi connectivity index (χ2v) is 3.20. The summed E-state index contributed by atoms with van der Waals surface area (Å²) < 4.78 is 0. The molecule has 1 fully saturated rings. The van der Waals surface area contributed by atoms with Crippen LogP contribution in [0.5, 0.6) is 0 Å². The Bertz CT molecular complexity index is 406. The summed E-state index contributed by atoms with van der Waals surface area (Å²) in [5.74, 6) is 0.237. The fraction of sp³-hybridized carbons (Fsp3) is 0.222. The number of nitrogens with zero attached hydrogens (tertiary/aromatic N) is 2. The van der Waals surface area contributed by atoms with Crippen LogP contribution in [0, 0.1) is 0 Å². The predicted octanol–water partition coefficient (Wildman–Crippen LogP) is 0.532. The van der Waals surface area contributed by atoms with Gasteiger partial charge in [0.05, 0.1) is 11.9 Å². The van der Waals surface area contributed by atoms with Crippen LogP contribution in [0.4, 0.5) is 16.3 Å². The fourth-order valence-electron chi connectivity index (χ4n) is 1.34. The van der Waals surface area contributed by atoms with Crippen LogP contribution < -0.4 is 16.0 Å². The summed E-state index contributed by atoms with van der Waals surface area (Å²) in [4.78, 5) is 27.7. The lowest BCUT2D eigenvalue weighted by molar-refractivity contribution is -0.120. The zero-order chi connectivity index (χ0) is 10.8. The van der Waals surface area contributed by atoms with Crippen LogP contribution in [0.2, 0.25) is 0 Å². The van der Waals surface area contributed by atoms with Gasteiger partial charge in [0.15, 0.2) is 0 Å². The van der Waals surface area contributed by atoms with E-state index >= 15 is 0 Å². The number of nitrogens with two attached hydrogens (primary N) is 1. The molecular weight excluding hydrogens is 232 g/mol. The quantitative estimate of drug-likeness (QED) is 0.752. The van der Waals surface area contributed by atoms with E-state index < -0.39 is 6.03 Å². The SMILES string of the molecule is Cl.Nc1ccc(N2CCC(=O)NC2=O)nc1. The van der Waals surface area contributed by atoms with Gasteiger partial charge >= 0.3 is 6.03 Å². The van der Waals surface area contributed by atoms with Gasteiger partial charge in [0.1, 0.15) is 5.82 Å². The first-order valence-electron chi connectivity index (χ1n) is 4.50. The summed E-state index contributed by atoms with van der Waals surface area (Å²) in [5, 5.41) is 2.22. The van der Waals surface area contributed by atoms with Crippen molar-refractivity contribution in [2.75, 3.05) is 17.2 Å². The number of anilines is 2. The number of urea groups is 1. The Hall–Kier alpha value is -1.82. The van der Waals surface area contributed by atoms with E-state index in [4.69, 9.17) is 5.73 Å². The highest BCUT2D eigenvalue weighted by atomic mass is 35.5. The molecular formula is C9H11ClN4O2. The van der Waals surface area contributed by atoms with Gasteiger partial charge in [0.2, 0.25) is 5.91 Å². The lowest BCUT2D eigenvalue weighted by Gasteiger charge is -2.25. The van der Waals surface area contributed by atoms with Crippen molar-refractivity contribution in [1.82, 2.24) is 10.3 Å². The van der Waals surface area contributed by atoms with Crippen molar-refractivity contribution in [3.05, 3.63) is 18.3 Å². The summed E-state index contributed by atoms with van der Waals surface area (Å²) in [5.41, 5.74) is 6.01. The molecule has 0 bridgehead atoms. The highest BCUT2D eigenvalue weighted by Gasteiger charge is 2.24. The number of halogens is 1. The summed E-state index contributed by atoms with van der Waals surface area (Å²) in [6.07, 6.45) is 1.76. The van der Waals surface area contributed by atoms with Gasteiger partial charge in [-0.15, -0.1) is 12.4 Å². The summed E-state index contributed by atoms with van der Waals surface area (Å²) in [6, 6.07) is 2.86. The number of pyridine rings is 1. The first-order valence-corrected chi connectivity index (χ1v) is 4.50. The molecule has 86 valence electrons. The average Bonchev–Trinajstić information content (AvgIpc) is 2.20. The topological polar surface area (TPSA) is 88.3 Å². The molecule has 1 aliphatic rings. The van der Waals surface area contributed by atoms with Crippen molar-refractivity contribution in [2.24, 2.45) is 0 Å². The number of amides is 3. The third-order valence-electron chi connectivity index (χ3n) is 2.10. The van der Waals surface area contributed by atoms with Crippen molar-refractivity contribution in [1.29, 1.82) is 0 Å². The van der Waals surface area contributed by atoms with Gasteiger partial charge in [-0.05, 0) is 12.1 Å². The minimum atomic E-state index is -0.441. The van der Waals surface area contributed by atoms with Crippen molar-refractivity contribution in [2.45, 2.75) is 6.42 Å².